The van der Waals surface area contributed by atoms with Gasteiger partial charge in [-0.2, -0.15) is 0 Å². The summed E-state index contributed by atoms with van der Waals surface area (Å²) in [6.07, 6.45) is 9.86. The highest BCUT2D eigenvalue weighted by atomic mass is 16.7. The Morgan fingerprint density at radius 3 is 1.59 bits per heavy atom. The van der Waals surface area contributed by atoms with Crippen molar-refractivity contribution in [1.29, 1.82) is 0 Å². The number of rotatable bonds is 12. The number of hydrogen-bond donors (Lipinski definition) is 0. The summed E-state index contributed by atoms with van der Waals surface area (Å²) < 4.78 is 12.8. The van der Waals surface area contributed by atoms with Crippen LogP contribution >= 0.6 is 0 Å². The second kappa shape index (κ2) is 11.0. The summed E-state index contributed by atoms with van der Waals surface area (Å²) in [4.78, 5) is 0. The van der Waals surface area contributed by atoms with Gasteiger partial charge in [-0.1, -0.05) is 81.8 Å². The monoisotopic (exact) mass is 368 g/mol. The fraction of sp³-hybridized carbons (Fsp3) is 0.520. The fourth-order valence-corrected chi connectivity index (χ4v) is 3.33. The summed E-state index contributed by atoms with van der Waals surface area (Å²) in [6.45, 7) is 8.49. The van der Waals surface area contributed by atoms with Crippen LogP contribution in [0.15, 0.2) is 48.5 Å². The summed E-state index contributed by atoms with van der Waals surface area (Å²) in [6, 6.07) is 16.3. The Balaban J connectivity index is 2.01. The molecule has 2 heteroatoms. The lowest BCUT2D eigenvalue weighted by atomic mass is 10.0. The normalized spacial score (nSPS) is 11.4. The van der Waals surface area contributed by atoms with E-state index in [2.05, 4.69) is 39.8 Å². The summed E-state index contributed by atoms with van der Waals surface area (Å²) in [7, 11) is 0. The molecule has 0 amide bonds. The van der Waals surface area contributed by atoms with E-state index in [1.165, 1.54) is 38.5 Å². The molecule has 0 saturated heterocycles. The van der Waals surface area contributed by atoms with Crippen molar-refractivity contribution in [2.24, 2.45) is 0 Å². The lowest BCUT2D eigenvalue weighted by molar-refractivity contribution is -0.105. The van der Waals surface area contributed by atoms with Crippen molar-refractivity contribution in [3.05, 3.63) is 59.7 Å². The van der Waals surface area contributed by atoms with Crippen molar-refractivity contribution in [3.63, 3.8) is 0 Å². The highest BCUT2D eigenvalue weighted by molar-refractivity contribution is 5.34. The van der Waals surface area contributed by atoms with Crippen LogP contribution in [0.5, 0.6) is 11.5 Å². The molecule has 0 N–H and O–H groups in total. The van der Waals surface area contributed by atoms with Gasteiger partial charge >= 0.3 is 0 Å². The van der Waals surface area contributed by atoms with Crippen molar-refractivity contribution in [1.82, 2.24) is 0 Å². The highest BCUT2D eigenvalue weighted by Gasteiger charge is 2.29. The third kappa shape index (κ3) is 7.28. The van der Waals surface area contributed by atoms with Crippen LogP contribution in [0.3, 0.4) is 0 Å². The maximum Gasteiger partial charge on any atom is 0.248 e. The minimum atomic E-state index is -0.665. The van der Waals surface area contributed by atoms with E-state index in [-0.39, 0.29) is 0 Å². The number of unbranched alkanes of at least 4 members (excludes halogenated alkanes) is 6. The van der Waals surface area contributed by atoms with Crippen LogP contribution < -0.4 is 9.47 Å². The molecule has 0 bridgehead atoms. The van der Waals surface area contributed by atoms with Gasteiger partial charge in [0.05, 0.1) is 0 Å². The summed E-state index contributed by atoms with van der Waals surface area (Å²) in [5.74, 6) is 1.13. The van der Waals surface area contributed by atoms with Crippen LogP contribution in [0.2, 0.25) is 0 Å². The lowest BCUT2D eigenvalue weighted by Gasteiger charge is -2.32. The molecule has 0 heterocycles. The van der Waals surface area contributed by atoms with E-state index in [1.807, 2.05) is 36.4 Å². The van der Waals surface area contributed by atoms with Crippen molar-refractivity contribution in [3.8, 4) is 11.5 Å². The largest absolute Gasteiger partial charge is 0.452 e. The van der Waals surface area contributed by atoms with Gasteiger partial charge in [0.25, 0.3) is 0 Å². The van der Waals surface area contributed by atoms with Gasteiger partial charge in [0.1, 0.15) is 11.5 Å². The molecule has 27 heavy (non-hydrogen) atoms. The Morgan fingerprint density at radius 1 is 0.667 bits per heavy atom. The highest BCUT2D eigenvalue weighted by Crippen LogP contribution is 2.30. The van der Waals surface area contributed by atoms with Crippen LogP contribution in [0.25, 0.3) is 0 Å². The number of benzene rings is 2. The smallest absolute Gasteiger partial charge is 0.248 e. The van der Waals surface area contributed by atoms with Gasteiger partial charge in [-0.15, -0.1) is 0 Å². The zero-order valence-electron chi connectivity index (χ0n) is 17.6. The zero-order chi connectivity index (χ0) is 19.5. The van der Waals surface area contributed by atoms with E-state index in [0.29, 0.717) is 0 Å². The average Bonchev–Trinajstić information content (AvgIpc) is 2.65. The molecule has 0 fully saturated rings. The Morgan fingerprint density at radius 2 is 1.11 bits per heavy atom. The van der Waals surface area contributed by atoms with Crippen molar-refractivity contribution >= 4 is 0 Å². The number of ether oxygens (including phenoxy) is 2. The van der Waals surface area contributed by atoms with Crippen LogP contribution in [-0.2, 0) is 0 Å². The first-order valence-electron chi connectivity index (χ1n) is 10.5. The quantitative estimate of drug-likeness (QED) is 0.283. The third-order valence-electron chi connectivity index (χ3n) is 5.07. The van der Waals surface area contributed by atoms with Gasteiger partial charge in [-0.05, 0) is 43.5 Å². The Labute approximate surface area is 165 Å². The number of hydrogen-bond acceptors (Lipinski definition) is 2. The van der Waals surface area contributed by atoms with E-state index >= 15 is 0 Å². The third-order valence-corrected chi connectivity index (χ3v) is 5.07. The fourth-order valence-electron chi connectivity index (χ4n) is 3.33. The van der Waals surface area contributed by atoms with E-state index < -0.39 is 5.79 Å². The Kier molecular flexibility index (Phi) is 8.71. The SMILES string of the molecule is CCCCCCCCCC(C)(Oc1ccccc1C)Oc1ccccc1C. The average molecular weight is 369 g/mol. The van der Waals surface area contributed by atoms with Crippen LogP contribution in [-0.4, -0.2) is 5.79 Å². The van der Waals surface area contributed by atoms with Crippen LogP contribution in [0.1, 0.15) is 76.3 Å². The summed E-state index contributed by atoms with van der Waals surface area (Å²) in [5, 5.41) is 0. The molecule has 0 spiro atoms. The van der Waals surface area contributed by atoms with E-state index in [1.54, 1.807) is 0 Å². The van der Waals surface area contributed by atoms with Gasteiger partial charge in [0.15, 0.2) is 0 Å². The first kappa shape index (κ1) is 21.3. The summed E-state index contributed by atoms with van der Waals surface area (Å²) >= 11 is 0. The molecule has 0 radical (unpaired) electrons. The molecule has 0 saturated carbocycles. The topological polar surface area (TPSA) is 18.5 Å². The maximum atomic E-state index is 6.41. The molecule has 0 atom stereocenters. The number of para-hydroxylation sites is 2. The molecule has 0 aromatic heterocycles. The molecule has 2 aromatic carbocycles. The Bertz CT molecular complexity index is 630. The van der Waals surface area contributed by atoms with E-state index in [4.69, 9.17) is 9.47 Å². The minimum Gasteiger partial charge on any atom is -0.452 e. The van der Waals surface area contributed by atoms with Gasteiger partial charge in [0.2, 0.25) is 5.79 Å². The van der Waals surface area contributed by atoms with Crippen molar-refractivity contribution < 1.29 is 9.47 Å². The Hall–Kier alpha value is -1.96. The van der Waals surface area contributed by atoms with Gasteiger partial charge < -0.3 is 9.47 Å². The van der Waals surface area contributed by atoms with Gasteiger partial charge in [0, 0.05) is 13.3 Å². The predicted molar refractivity (Wildman–Crippen MR) is 115 cm³/mol. The molecule has 2 nitrogen and oxygen atoms in total. The maximum absolute atomic E-state index is 6.41. The molecular weight excluding hydrogens is 332 g/mol. The molecule has 2 rings (SSSR count). The first-order chi connectivity index (χ1) is 13.0. The van der Waals surface area contributed by atoms with Crippen LogP contribution in [0.4, 0.5) is 0 Å². The van der Waals surface area contributed by atoms with E-state index in [0.717, 1.165) is 35.5 Å². The predicted octanol–water partition coefficient (Wildman–Crippen LogP) is 7.62. The van der Waals surface area contributed by atoms with Crippen molar-refractivity contribution in [2.45, 2.75) is 84.8 Å². The molecule has 0 unspecified atom stereocenters. The summed E-state index contributed by atoms with van der Waals surface area (Å²) in [5.41, 5.74) is 2.27. The molecule has 0 aliphatic carbocycles. The van der Waals surface area contributed by atoms with E-state index in [9.17, 15) is 0 Å². The second-order valence-corrected chi connectivity index (χ2v) is 7.74. The first-order valence-corrected chi connectivity index (χ1v) is 10.5. The second-order valence-electron chi connectivity index (χ2n) is 7.74. The molecule has 2 aromatic rings. The van der Waals surface area contributed by atoms with Crippen molar-refractivity contribution in [2.75, 3.05) is 0 Å². The number of aryl methyl sites for hydroxylation is 2. The van der Waals surface area contributed by atoms with Crippen LogP contribution in [0, 0.1) is 13.8 Å². The minimum absolute atomic E-state index is 0.665. The van der Waals surface area contributed by atoms with Gasteiger partial charge in [-0.3, -0.25) is 0 Å². The molecule has 0 aliphatic rings. The lowest BCUT2D eigenvalue weighted by Crippen LogP contribution is -2.39. The standard InChI is InChI=1S/C25H36O2/c1-5-6-7-8-9-10-15-20-25(4,26-23-18-13-11-16-21(23)2)27-24-19-14-12-17-22(24)3/h11-14,16-19H,5-10,15,20H2,1-4H3. The molecule has 148 valence electrons. The zero-order valence-corrected chi connectivity index (χ0v) is 17.6. The molecule has 0 aliphatic heterocycles. The van der Waals surface area contributed by atoms with Gasteiger partial charge in [-0.25, -0.2) is 0 Å². The molecular formula is C25H36O2.